The molecule has 6 nitrogen and oxygen atoms in total. The highest BCUT2D eigenvalue weighted by Gasteiger charge is 2.55. The van der Waals surface area contributed by atoms with Gasteiger partial charge in [-0.05, 0) is 23.8 Å². The van der Waals surface area contributed by atoms with Crippen LogP contribution in [0.2, 0.25) is 0 Å². The van der Waals surface area contributed by atoms with E-state index < -0.39 is 26.8 Å². The molecule has 0 aromatic heterocycles. The minimum atomic E-state index is -4.14. The molecule has 2 aromatic carbocycles. The number of benzene rings is 2. The van der Waals surface area contributed by atoms with Crippen LogP contribution in [0.3, 0.4) is 0 Å². The lowest BCUT2D eigenvalue weighted by Crippen LogP contribution is -2.70. The number of aliphatic hydroxyl groups excluding tert-OH is 1. The summed E-state index contributed by atoms with van der Waals surface area (Å²) in [6.45, 7) is 1.22. The second-order valence-corrected chi connectivity index (χ2v) is 8.63. The van der Waals surface area contributed by atoms with E-state index in [1.54, 1.807) is 24.3 Å². The highest BCUT2D eigenvalue weighted by atomic mass is 32.2. The van der Waals surface area contributed by atoms with Gasteiger partial charge in [0.05, 0.1) is 30.9 Å². The number of nitrogens with zero attached hydrogens (tertiary/aromatic N) is 2. The third-order valence-electron chi connectivity index (χ3n) is 5.42. The van der Waals surface area contributed by atoms with Crippen LogP contribution >= 0.6 is 0 Å². The number of aliphatic hydroxyl groups is 1. The molecule has 0 radical (unpaired) electrons. The summed E-state index contributed by atoms with van der Waals surface area (Å²) in [5, 5.41) is 9.73. The molecule has 142 valence electrons. The van der Waals surface area contributed by atoms with Crippen LogP contribution < -0.4 is 4.31 Å². The van der Waals surface area contributed by atoms with Gasteiger partial charge in [0.2, 0.25) is 5.91 Å². The van der Waals surface area contributed by atoms with Crippen molar-refractivity contribution < 1.29 is 22.7 Å². The van der Waals surface area contributed by atoms with Crippen LogP contribution in [0.1, 0.15) is 18.4 Å². The van der Waals surface area contributed by atoms with Gasteiger partial charge in [-0.2, -0.15) is 0 Å². The predicted octanol–water partition coefficient (Wildman–Crippen LogP) is 1.71. The molecule has 3 atom stereocenters. The number of carbonyl (C=O) groups is 1. The summed E-state index contributed by atoms with van der Waals surface area (Å²) in [5.74, 6) is -1.19. The van der Waals surface area contributed by atoms with Crippen molar-refractivity contribution in [2.75, 3.05) is 17.5 Å². The van der Waals surface area contributed by atoms with E-state index in [9.17, 15) is 22.7 Å². The van der Waals surface area contributed by atoms with Crippen LogP contribution in [-0.2, 0) is 14.8 Å². The lowest BCUT2D eigenvalue weighted by molar-refractivity contribution is -0.147. The summed E-state index contributed by atoms with van der Waals surface area (Å²) < 4.78 is 41.8. The molecule has 2 heterocycles. The molecular weight excluding hydrogens is 371 g/mol. The molecule has 0 aliphatic carbocycles. The fraction of sp³-hybridized carbons (Fsp3) is 0.316. The van der Waals surface area contributed by atoms with Gasteiger partial charge in [-0.25, -0.2) is 12.8 Å². The number of fused-ring (bicyclic) bond motifs is 3. The zero-order chi connectivity index (χ0) is 19.3. The second kappa shape index (κ2) is 6.31. The zero-order valence-corrected chi connectivity index (χ0v) is 15.4. The second-order valence-electron chi connectivity index (χ2n) is 6.79. The van der Waals surface area contributed by atoms with Crippen molar-refractivity contribution >= 4 is 21.6 Å². The summed E-state index contributed by atoms with van der Waals surface area (Å²) in [7, 11) is -4.14. The van der Waals surface area contributed by atoms with Gasteiger partial charge in [0.1, 0.15) is 10.7 Å². The molecule has 2 aromatic rings. The molecule has 27 heavy (non-hydrogen) atoms. The topological polar surface area (TPSA) is 77.9 Å². The number of carbonyl (C=O) groups excluding carboxylic acids is 1. The van der Waals surface area contributed by atoms with Crippen molar-refractivity contribution in [2.24, 2.45) is 0 Å². The van der Waals surface area contributed by atoms with E-state index in [2.05, 4.69) is 0 Å². The summed E-state index contributed by atoms with van der Waals surface area (Å²) in [4.78, 5) is 13.2. The van der Waals surface area contributed by atoms with E-state index in [0.717, 1.165) is 11.6 Å². The number of likely N-dealkylation sites (tertiary alicyclic amines) is 1. The zero-order valence-electron chi connectivity index (χ0n) is 14.6. The van der Waals surface area contributed by atoms with Crippen LogP contribution in [0.4, 0.5) is 10.1 Å². The Balaban J connectivity index is 1.84. The van der Waals surface area contributed by atoms with E-state index in [4.69, 9.17) is 0 Å². The predicted molar refractivity (Wildman–Crippen MR) is 97.3 cm³/mol. The Morgan fingerprint density at radius 2 is 1.85 bits per heavy atom. The van der Waals surface area contributed by atoms with Gasteiger partial charge in [-0.3, -0.25) is 9.10 Å². The van der Waals surface area contributed by atoms with E-state index in [-0.39, 0.29) is 31.0 Å². The summed E-state index contributed by atoms with van der Waals surface area (Å²) >= 11 is 0. The highest BCUT2D eigenvalue weighted by Crippen LogP contribution is 2.49. The summed E-state index contributed by atoms with van der Waals surface area (Å²) in [6, 6.07) is 11.5. The Morgan fingerprint density at radius 1 is 1.19 bits per heavy atom. The summed E-state index contributed by atoms with van der Waals surface area (Å²) in [5.41, 5.74) is 1.20. The third kappa shape index (κ3) is 2.55. The first kappa shape index (κ1) is 17.9. The van der Waals surface area contributed by atoms with E-state index in [1.807, 2.05) is 0 Å². The van der Waals surface area contributed by atoms with Gasteiger partial charge in [-0.1, -0.05) is 30.3 Å². The number of halogens is 1. The molecule has 2 aliphatic rings. The van der Waals surface area contributed by atoms with E-state index in [0.29, 0.717) is 5.69 Å². The maximum Gasteiger partial charge on any atom is 0.267 e. The Hall–Kier alpha value is -2.45. The van der Waals surface area contributed by atoms with Gasteiger partial charge in [0, 0.05) is 12.8 Å². The van der Waals surface area contributed by atoms with Crippen molar-refractivity contribution in [3.05, 3.63) is 59.9 Å². The number of sulfonamides is 1. The van der Waals surface area contributed by atoms with Crippen molar-refractivity contribution in [1.29, 1.82) is 0 Å². The van der Waals surface area contributed by atoms with Crippen molar-refractivity contribution in [3.8, 4) is 0 Å². The SMILES string of the molecule is CC(=O)N1[C@@H]2CN(S(=O)(=O)c3ccccc3F)c3ccccc3[C@@H]2[C@@H]1CO. The molecule has 0 bridgehead atoms. The first-order valence-electron chi connectivity index (χ1n) is 8.64. The first-order chi connectivity index (χ1) is 12.9. The maximum absolute atomic E-state index is 14.2. The van der Waals surface area contributed by atoms with Crippen LogP contribution in [0.5, 0.6) is 0 Å². The molecule has 8 heteroatoms. The first-order valence-corrected chi connectivity index (χ1v) is 10.1. The molecule has 1 fully saturated rings. The van der Waals surface area contributed by atoms with Gasteiger partial charge in [0.15, 0.2) is 0 Å². The molecule has 0 saturated carbocycles. The number of anilines is 1. The van der Waals surface area contributed by atoms with Gasteiger partial charge < -0.3 is 10.0 Å². The Bertz CT molecular complexity index is 1010. The Kier molecular flexibility index (Phi) is 4.20. The number of amides is 1. The molecule has 0 spiro atoms. The van der Waals surface area contributed by atoms with Gasteiger partial charge in [-0.15, -0.1) is 0 Å². The van der Waals surface area contributed by atoms with Crippen LogP contribution in [0.25, 0.3) is 0 Å². The molecular formula is C19H19FN2O4S. The number of hydrogen-bond donors (Lipinski definition) is 1. The van der Waals surface area contributed by atoms with Crippen molar-refractivity contribution in [2.45, 2.75) is 29.8 Å². The molecule has 1 saturated heterocycles. The minimum absolute atomic E-state index is 0.0222. The third-order valence-corrected chi connectivity index (χ3v) is 7.23. The maximum atomic E-state index is 14.2. The van der Waals surface area contributed by atoms with Crippen molar-refractivity contribution in [3.63, 3.8) is 0 Å². The lowest BCUT2D eigenvalue weighted by atomic mass is 9.72. The highest BCUT2D eigenvalue weighted by molar-refractivity contribution is 7.92. The van der Waals surface area contributed by atoms with E-state index >= 15 is 0 Å². The normalized spacial score (nSPS) is 24.0. The van der Waals surface area contributed by atoms with Gasteiger partial charge in [0.25, 0.3) is 10.0 Å². The minimum Gasteiger partial charge on any atom is -0.394 e. The van der Waals surface area contributed by atoms with E-state index in [1.165, 1.54) is 34.3 Å². The Labute approximate surface area is 156 Å². The molecule has 1 N–H and O–H groups in total. The summed E-state index contributed by atoms with van der Waals surface area (Å²) in [6.07, 6.45) is 0. The fourth-order valence-electron chi connectivity index (χ4n) is 4.30. The number of para-hydroxylation sites is 1. The van der Waals surface area contributed by atoms with Crippen LogP contribution in [0.15, 0.2) is 53.4 Å². The monoisotopic (exact) mass is 390 g/mol. The Morgan fingerprint density at radius 3 is 2.52 bits per heavy atom. The average molecular weight is 390 g/mol. The lowest BCUT2D eigenvalue weighted by Gasteiger charge is -2.58. The van der Waals surface area contributed by atoms with Crippen molar-refractivity contribution in [1.82, 2.24) is 4.90 Å². The quantitative estimate of drug-likeness (QED) is 0.866. The number of rotatable bonds is 3. The smallest absolute Gasteiger partial charge is 0.267 e. The van der Waals surface area contributed by atoms with Crippen LogP contribution in [-0.4, -0.2) is 49.6 Å². The molecule has 4 rings (SSSR count). The molecule has 2 aliphatic heterocycles. The van der Waals surface area contributed by atoms with Gasteiger partial charge >= 0.3 is 0 Å². The number of hydrogen-bond acceptors (Lipinski definition) is 4. The van der Waals surface area contributed by atoms with Crippen LogP contribution in [0, 0.1) is 5.82 Å². The standard InChI is InChI=1S/C19H19FN2O4S/c1-12(24)22-16-10-21(27(25,26)18-9-5-3-7-14(18)20)15-8-4-2-6-13(15)19(16)17(22)11-23/h2-9,16-17,19,23H,10-11H2,1H3/t16-,17+,19+/m1/s1. The molecule has 1 amide bonds. The largest absolute Gasteiger partial charge is 0.394 e. The average Bonchev–Trinajstić information content (AvgIpc) is 2.61. The fourth-order valence-corrected chi connectivity index (χ4v) is 5.87. The molecule has 0 unspecified atom stereocenters.